The van der Waals surface area contributed by atoms with Crippen molar-refractivity contribution in [3.05, 3.63) is 29.8 Å². The van der Waals surface area contributed by atoms with Crippen LogP contribution in [0, 0.1) is 0 Å². The molecule has 1 amide bonds. The molecule has 1 unspecified atom stereocenters. The highest BCUT2D eigenvalue weighted by molar-refractivity contribution is 5.81. The van der Waals surface area contributed by atoms with Gasteiger partial charge in [0.1, 0.15) is 0 Å². The first-order valence-electron chi connectivity index (χ1n) is 7.27. The van der Waals surface area contributed by atoms with Crippen molar-refractivity contribution in [1.82, 2.24) is 5.32 Å². The molecule has 0 aliphatic heterocycles. The Bertz CT molecular complexity index is 407. The molecule has 4 nitrogen and oxygen atoms in total. The second-order valence-electron chi connectivity index (χ2n) is 5.01. The van der Waals surface area contributed by atoms with Crippen molar-refractivity contribution in [3.8, 4) is 0 Å². The molecule has 1 rings (SSSR count). The summed E-state index contributed by atoms with van der Waals surface area (Å²) in [6.45, 7) is 5.14. The Labute approximate surface area is 121 Å². The van der Waals surface area contributed by atoms with E-state index in [-0.39, 0.29) is 11.9 Å². The van der Waals surface area contributed by atoms with Gasteiger partial charge in [-0.1, -0.05) is 31.5 Å². The standard InChI is InChI=1S/C16H26N2O2/c1-4-7-13(2)18-16(19)12-17-15-9-6-5-8-14(15)10-11-20-3/h5-6,8-9,13,17H,4,7,10-12H2,1-3H3,(H,18,19). The Morgan fingerprint density at radius 1 is 1.35 bits per heavy atom. The first kappa shape index (κ1) is 16.5. The van der Waals surface area contributed by atoms with Gasteiger partial charge in [0.2, 0.25) is 5.91 Å². The molecular formula is C16H26N2O2. The second-order valence-corrected chi connectivity index (χ2v) is 5.01. The van der Waals surface area contributed by atoms with Gasteiger partial charge in [-0.25, -0.2) is 0 Å². The Morgan fingerprint density at radius 3 is 2.80 bits per heavy atom. The van der Waals surface area contributed by atoms with Crippen LogP contribution in [0.15, 0.2) is 24.3 Å². The van der Waals surface area contributed by atoms with Crippen molar-refractivity contribution in [2.75, 3.05) is 25.6 Å². The van der Waals surface area contributed by atoms with Gasteiger partial charge in [-0.15, -0.1) is 0 Å². The summed E-state index contributed by atoms with van der Waals surface area (Å²) in [4.78, 5) is 11.8. The van der Waals surface area contributed by atoms with Crippen molar-refractivity contribution in [1.29, 1.82) is 0 Å². The molecule has 0 spiro atoms. The quantitative estimate of drug-likeness (QED) is 0.730. The SMILES string of the molecule is CCCC(C)NC(=O)CNc1ccccc1CCOC. The summed E-state index contributed by atoms with van der Waals surface area (Å²) >= 11 is 0. The molecule has 4 heteroatoms. The predicted molar refractivity (Wildman–Crippen MR) is 83.0 cm³/mol. The zero-order valence-corrected chi connectivity index (χ0v) is 12.7. The van der Waals surface area contributed by atoms with Crippen LogP contribution in [0.4, 0.5) is 5.69 Å². The highest BCUT2D eigenvalue weighted by atomic mass is 16.5. The lowest BCUT2D eigenvalue weighted by Gasteiger charge is -2.15. The van der Waals surface area contributed by atoms with E-state index in [2.05, 4.69) is 23.6 Å². The van der Waals surface area contributed by atoms with Crippen molar-refractivity contribution in [3.63, 3.8) is 0 Å². The summed E-state index contributed by atoms with van der Waals surface area (Å²) in [6.07, 6.45) is 2.93. The minimum absolute atomic E-state index is 0.0347. The summed E-state index contributed by atoms with van der Waals surface area (Å²) in [5.41, 5.74) is 2.17. The van der Waals surface area contributed by atoms with Gasteiger partial charge < -0.3 is 15.4 Å². The van der Waals surface area contributed by atoms with Gasteiger partial charge in [0.05, 0.1) is 13.2 Å². The van der Waals surface area contributed by atoms with Gasteiger partial charge in [-0.2, -0.15) is 0 Å². The van der Waals surface area contributed by atoms with E-state index >= 15 is 0 Å². The molecule has 20 heavy (non-hydrogen) atoms. The van der Waals surface area contributed by atoms with Gasteiger partial charge in [-0.05, 0) is 31.4 Å². The molecule has 112 valence electrons. The molecule has 0 heterocycles. The average molecular weight is 278 g/mol. The lowest BCUT2D eigenvalue weighted by Crippen LogP contribution is -2.36. The van der Waals surface area contributed by atoms with Crippen molar-refractivity contribution < 1.29 is 9.53 Å². The highest BCUT2D eigenvalue weighted by Crippen LogP contribution is 2.15. The number of anilines is 1. The van der Waals surface area contributed by atoms with Gasteiger partial charge >= 0.3 is 0 Å². The molecule has 0 aromatic heterocycles. The van der Waals surface area contributed by atoms with Crippen LogP contribution in [0.3, 0.4) is 0 Å². The highest BCUT2D eigenvalue weighted by Gasteiger charge is 2.07. The van der Waals surface area contributed by atoms with Gasteiger partial charge in [0.15, 0.2) is 0 Å². The van der Waals surface area contributed by atoms with E-state index in [9.17, 15) is 4.79 Å². The fraction of sp³-hybridized carbons (Fsp3) is 0.562. The first-order chi connectivity index (χ1) is 9.67. The molecule has 0 radical (unpaired) electrons. The van der Waals surface area contributed by atoms with Crippen LogP contribution in [0.5, 0.6) is 0 Å². The number of rotatable bonds is 9. The van der Waals surface area contributed by atoms with Crippen LogP contribution in [-0.2, 0) is 16.0 Å². The topological polar surface area (TPSA) is 50.4 Å². The molecule has 0 aliphatic rings. The zero-order valence-electron chi connectivity index (χ0n) is 12.7. The monoisotopic (exact) mass is 278 g/mol. The average Bonchev–Trinajstić information content (AvgIpc) is 2.44. The number of carbonyl (C=O) groups excluding carboxylic acids is 1. The molecule has 2 N–H and O–H groups in total. The molecule has 0 bridgehead atoms. The van der Waals surface area contributed by atoms with E-state index in [4.69, 9.17) is 4.74 Å². The van der Waals surface area contributed by atoms with E-state index < -0.39 is 0 Å². The smallest absolute Gasteiger partial charge is 0.239 e. The van der Waals surface area contributed by atoms with Crippen LogP contribution < -0.4 is 10.6 Å². The third kappa shape index (κ3) is 6.06. The van der Waals surface area contributed by atoms with Gasteiger partial charge in [-0.3, -0.25) is 4.79 Å². The second kappa shape index (κ2) is 9.37. The minimum Gasteiger partial charge on any atom is -0.384 e. The summed E-state index contributed by atoms with van der Waals surface area (Å²) in [5, 5.41) is 6.19. The fourth-order valence-electron chi connectivity index (χ4n) is 2.13. The largest absolute Gasteiger partial charge is 0.384 e. The molecule has 1 atom stereocenters. The number of methoxy groups -OCH3 is 1. The third-order valence-electron chi connectivity index (χ3n) is 3.16. The number of carbonyl (C=O) groups is 1. The van der Waals surface area contributed by atoms with E-state index in [1.165, 1.54) is 5.56 Å². The maximum Gasteiger partial charge on any atom is 0.239 e. The molecule has 0 aliphatic carbocycles. The van der Waals surface area contributed by atoms with Gasteiger partial charge in [0.25, 0.3) is 0 Å². The van der Waals surface area contributed by atoms with Crippen molar-refractivity contribution >= 4 is 11.6 Å². The van der Waals surface area contributed by atoms with E-state index in [0.29, 0.717) is 13.2 Å². The molecule has 0 saturated carbocycles. The maximum atomic E-state index is 11.8. The van der Waals surface area contributed by atoms with Crippen LogP contribution in [0.25, 0.3) is 0 Å². The first-order valence-corrected chi connectivity index (χ1v) is 7.27. The number of hydrogen-bond acceptors (Lipinski definition) is 3. The fourth-order valence-corrected chi connectivity index (χ4v) is 2.13. The Hall–Kier alpha value is -1.55. The zero-order chi connectivity index (χ0) is 14.8. The minimum atomic E-state index is 0.0347. The lowest BCUT2D eigenvalue weighted by molar-refractivity contribution is -0.120. The normalized spacial score (nSPS) is 11.9. The van der Waals surface area contributed by atoms with E-state index in [1.54, 1.807) is 7.11 Å². The number of para-hydroxylation sites is 1. The summed E-state index contributed by atoms with van der Waals surface area (Å²) in [7, 11) is 1.69. The molecule has 1 aromatic carbocycles. The number of amides is 1. The molecule has 0 saturated heterocycles. The molecule has 1 aromatic rings. The maximum absolute atomic E-state index is 11.8. The predicted octanol–water partition coefficient (Wildman–Crippen LogP) is 2.59. The van der Waals surface area contributed by atoms with Crippen LogP contribution >= 0.6 is 0 Å². The number of nitrogens with one attached hydrogen (secondary N) is 2. The molecular weight excluding hydrogens is 252 g/mol. The van der Waals surface area contributed by atoms with Crippen molar-refractivity contribution in [2.24, 2.45) is 0 Å². The van der Waals surface area contributed by atoms with Gasteiger partial charge in [0, 0.05) is 18.8 Å². The molecule has 0 fully saturated rings. The number of benzene rings is 1. The summed E-state index contributed by atoms with van der Waals surface area (Å²) < 4.78 is 5.10. The Balaban J connectivity index is 2.46. The lowest BCUT2D eigenvalue weighted by atomic mass is 10.1. The summed E-state index contributed by atoms with van der Waals surface area (Å²) in [5.74, 6) is 0.0347. The van der Waals surface area contributed by atoms with E-state index in [1.807, 2.05) is 25.1 Å². The third-order valence-corrected chi connectivity index (χ3v) is 3.16. The number of hydrogen-bond donors (Lipinski definition) is 2. The van der Waals surface area contributed by atoms with Crippen LogP contribution in [0.2, 0.25) is 0 Å². The van der Waals surface area contributed by atoms with Crippen LogP contribution in [0.1, 0.15) is 32.3 Å². The summed E-state index contributed by atoms with van der Waals surface area (Å²) in [6, 6.07) is 8.25. The van der Waals surface area contributed by atoms with Crippen LogP contribution in [-0.4, -0.2) is 32.2 Å². The van der Waals surface area contributed by atoms with Crippen molar-refractivity contribution in [2.45, 2.75) is 39.2 Å². The van der Waals surface area contributed by atoms with E-state index in [0.717, 1.165) is 24.9 Å². The Kier molecular flexibility index (Phi) is 7.73. The number of ether oxygens (including phenoxy) is 1. The Morgan fingerprint density at radius 2 is 2.10 bits per heavy atom.